The van der Waals surface area contributed by atoms with Crippen LogP contribution in [-0.2, 0) is 6.42 Å². The van der Waals surface area contributed by atoms with Crippen molar-refractivity contribution in [3.05, 3.63) is 64.7 Å². The number of rotatable bonds is 4. The van der Waals surface area contributed by atoms with Gasteiger partial charge in [0, 0.05) is 6.54 Å². The molecule has 0 atom stereocenters. The fourth-order valence-electron chi connectivity index (χ4n) is 1.98. The summed E-state index contributed by atoms with van der Waals surface area (Å²) in [4.78, 5) is 0. The van der Waals surface area contributed by atoms with Crippen LogP contribution in [-0.4, -0.2) is 6.54 Å². The summed E-state index contributed by atoms with van der Waals surface area (Å²) in [7, 11) is 0. The van der Waals surface area contributed by atoms with Gasteiger partial charge >= 0.3 is 0 Å². The smallest absolute Gasteiger partial charge is 0.183 e. The summed E-state index contributed by atoms with van der Waals surface area (Å²) in [5, 5.41) is 11.5. The molecule has 2 nitrogen and oxygen atoms in total. The van der Waals surface area contributed by atoms with Gasteiger partial charge in [0.2, 0.25) is 0 Å². The lowest BCUT2D eigenvalue weighted by molar-refractivity contribution is 0.508. The van der Waals surface area contributed by atoms with Gasteiger partial charge in [0.1, 0.15) is 6.07 Å². The molecule has 2 rings (SSSR count). The highest BCUT2D eigenvalue weighted by Gasteiger charge is 2.12. The number of nitrogens with one attached hydrogen (secondary N) is 1. The highest BCUT2D eigenvalue weighted by molar-refractivity contribution is 5.49. The highest BCUT2D eigenvalue weighted by atomic mass is 19.2. The van der Waals surface area contributed by atoms with Crippen molar-refractivity contribution in [1.82, 2.24) is 0 Å². The molecule has 0 aliphatic rings. The fraction of sp³-hybridized carbons (Fsp3) is 0.188. The lowest BCUT2D eigenvalue weighted by atomic mass is 10.1. The van der Waals surface area contributed by atoms with Crippen molar-refractivity contribution in [2.24, 2.45) is 0 Å². The van der Waals surface area contributed by atoms with E-state index < -0.39 is 11.6 Å². The Morgan fingerprint density at radius 2 is 1.95 bits per heavy atom. The Morgan fingerprint density at radius 3 is 2.65 bits per heavy atom. The Hall–Kier alpha value is -2.41. The Labute approximate surface area is 116 Å². The van der Waals surface area contributed by atoms with Crippen molar-refractivity contribution >= 4 is 5.69 Å². The largest absolute Gasteiger partial charge is 0.382 e. The summed E-state index contributed by atoms with van der Waals surface area (Å²) in [6.07, 6.45) is 0.711. The van der Waals surface area contributed by atoms with Crippen molar-refractivity contribution in [2.75, 3.05) is 11.9 Å². The molecule has 0 aliphatic carbocycles. The zero-order valence-corrected chi connectivity index (χ0v) is 11.1. The molecule has 0 bridgehead atoms. The van der Waals surface area contributed by atoms with Crippen LogP contribution in [0.4, 0.5) is 14.5 Å². The fourth-order valence-corrected chi connectivity index (χ4v) is 1.98. The monoisotopic (exact) mass is 272 g/mol. The SMILES string of the molecule is Cc1cccc(CCNc2ccc(C#N)c(F)c2F)c1. The summed E-state index contributed by atoms with van der Waals surface area (Å²) < 4.78 is 27.1. The van der Waals surface area contributed by atoms with E-state index >= 15 is 0 Å². The van der Waals surface area contributed by atoms with Gasteiger partial charge in [-0.3, -0.25) is 0 Å². The first-order chi connectivity index (χ1) is 9.61. The first-order valence-corrected chi connectivity index (χ1v) is 6.29. The Balaban J connectivity index is 2.02. The minimum atomic E-state index is -1.10. The predicted octanol–water partition coefficient (Wildman–Crippen LogP) is 3.80. The average molecular weight is 272 g/mol. The molecule has 1 N–H and O–H groups in total. The third kappa shape index (κ3) is 3.12. The molecule has 0 aliphatic heterocycles. The highest BCUT2D eigenvalue weighted by Crippen LogP contribution is 2.20. The number of benzene rings is 2. The summed E-state index contributed by atoms with van der Waals surface area (Å²) in [6.45, 7) is 2.50. The average Bonchev–Trinajstić information content (AvgIpc) is 2.44. The molecule has 0 radical (unpaired) electrons. The van der Waals surface area contributed by atoms with E-state index in [2.05, 4.69) is 11.4 Å². The Kier molecular flexibility index (Phi) is 4.31. The van der Waals surface area contributed by atoms with Gasteiger partial charge in [-0.15, -0.1) is 0 Å². The van der Waals surface area contributed by atoms with E-state index in [0.29, 0.717) is 13.0 Å². The molecular weight excluding hydrogens is 258 g/mol. The third-order valence-corrected chi connectivity index (χ3v) is 3.01. The van der Waals surface area contributed by atoms with Gasteiger partial charge in [-0.05, 0) is 31.0 Å². The van der Waals surface area contributed by atoms with Crippen LogP contribution in [0.25, 0.3) is 0 Å². The molecule has 0 spiro atoms. The van der Waals surface area contributed by atoms with Crippen LogP contribution in [0.15, 0.2) is 36.4 Å². The number of hydrogen-bond donors (Lipinski definition) is 1. The zero-order valence-electron chi connectivity index (χ0n) is 11.1. The quantitative estimate of drug-likeness (QED) is 0.919. The normalized spacial score (nSPS) is 10.1. The second-order valence-electron chi connectivity index (χ2n) is 4.57. The lowest BCUT2D eigenvalue weighted by Gasteiger charge is -2.09. The Morgan fingerprint density at radius 1 is 1.15 bits per heavy atom. The van der Waals surface area contributed by atoms with E-state index in [-0.39, 0.29) is 11.3 Å². The number of nitrogens with zero attached hydrogens (tertiary/aromatic N) is 1. The number of hydrogen-bond acceptors (Lipinski definition) is 2. The molecule has 0 saturated heterocycles. The molecule has 0 aromatic heterocycles. The molecule has 4 heteroatoms. The van der Waals surface area contributed by atoms with E-state index in [4.69, 9.17) is 5.26 Å². The molecule has 2 aromatic carbocycles. The van der Waals surface area contributed by atoms with Crippen molar-refractivity contribution in [3.63, 3.8) is 0 Å². The van der Waals surface area contributed by atoms with Crippen molar-refractivity contribution in [2.45, 2.75) is 13.3 Å². The van der Waals surface area contributed by atoms with Crippen LogP contribution in [0.3, 0.4) is 0 Å². The molecule has 0 fully saturated rings. The molecule has 0 unspecified atom stereocenters. The van der Waals surface area contributed by atoms with Gasteiger partial charge in [-0.1, -0.05) is 29.8 Å². The minimum Gasteiger partial charge on any atom is -0.382 e. The predicted molar refractivity (Wildman–Crippen MR) is 74.4 cm³/mol. The molecule has 0 amide bonds. The zero-order chi connectivity index (χ0) is 14.5. The van der Waals surface area contributed by atoms with E-state index in [0.717, 1.165) is 11.1 Å². The first-order valence-electron chi connectivity index (χ1n) is 6.29. The maximum absolute atomic E-state index is 13.7. The molecule has 2 aromatic rings. The third-order valence-electron chi connectivity index (χ3n) is 3.01. The van der Waals surface area contributed by atoms with Crippen molar-refractivity contribution in [1.29, 1.82) is 5.26 Å². The van der Waals surface area contributed by atoms with E-state index in [1.54, 1.807) is 6.07 Å². The summed E-state index contributed by atoms with van der Waals surface area (Å²) in [6, 6.07) is 12.3. The molecule has 0 heterocycles. The number of anilines is 1. The summed E-state index contributed by atoms with van der Waals surface area (Å²) >= 11 is 0. The maximum Gasteiger partial charge on any atom is 0.183 e. The van der Waals surface area contributed by atoms with Gasteiger partial charge in [0.25, 0.3) is 0 Å². The first kappa shape index (κ1) is 14.0. The standard InChI is InChI=1S/C16H14F2N2/c1-11-3-2-4-12(9-11)7-8-20-14-6-5-13(10-19)15(17)16(14)18/h2-6,9,20H,7-8H2,1H3. The second kappa shape index (κ2) is 6.16. The number of halogens is 2. The van der Waals surface area contributed by atoms with Gasteiger partial charge in [-0.25, -0.2) is 8.78 Å². The van der Waals surface area contributed by atoms with E-state index in [1.165, 1.54) is 12.1 Å². The van der Waals surface area contributed by atoms with Gasteiger partial charge < -0.3 is 5.32 Å². The van der Waals surface area contributed by atoms with E-state index in [9.17, 15) is 8.78 Å². The minimum absolute atomic E-state index is 0.0779. The van der Waals surface area contributed by atoms with Gasteiger partial charge in [0.15, 0.2) is 11.6 Å². The molecular formula is C16H14F2N2. The van der Waals surface area contributed by atoms with E-state index in [1.807, 2.05) is 25.1 Å². The maximum atomic E-state index is 13.7. The second-order valence-corrected chi connectivity index (χ2v) is 4.57. The van der Waals surface area contributed by atoms with Crippen LogP contribution < -0.4 is 5.32 Å². The Bertz CT molecular complexity index is 660. The topological polar surface area (TPSA) is 35.8 Å². The molecule has 0 saturated carbocycles. The summed E-state index contributed by atoms with van der Waals surface area (Å²) in [5.74, 6) is -2.11. The summed E-state index contributed by atoms with van der Waals surface area (Å²) in [5.41, 5.74) is 2.09. The van der Waals surface area contributed by atoms with Crippen molar-refractivity contribution in [3.8, 4) is 6.07 Å². The molecule has 102 valence electrons. The van der Waals surface area contributed by atoms with Crippen LogP contribution in [0.2, 0.25) is 0 Å². The lowest BCUT2D eigenvalue weighted by Crippen LogP contribution is -2.08. The van der Waals surface area contributed by atoms with Crippen LogP contribution in [0, 0.1) is 29.9 Å². The number of nitriles is 1. The van der Waals surface area contributed by atoms with Gasteiger partial charge in [-0.2, -0.15) is 5.26 Å². The number of aryl methyl sites for hydroxylation is 1. The van der Waals surface area contributed by atoms with Crippen molar-refractivity contribution < 1.29 is 8.78 Å². The van der Waals surface area contributed by atoms with Crippen LogP contribution in [0.5, 0.6) is 0 Å². The van der Waals surface area contributed by atoms with Crippen LogP contribution >= 0.6 is 0 Å². The van der Waals surface area contributed by atoms with Gasteiger partial charge in [0.05, 0.1) is 11.3 Å². The molecule has 20 heavy (non-hydrogen) atoms. The van der Waals surface area contributed by atoms with Crippen LogP contribution in [0.1, 0.15) is 16.7 Å².